The fourth-order valence-electron chi connectivity index (χ4n) is 3.46. The Morgan fingerprint density at radius 3 is 3.00 bits per heavy atom. The number of amides is 1. The second-order valence-corrected chi connectivity index (χ2v) is 6.12. The van der Waals surface area contributed by atoms with Crippen LogP contribution >= 0.6 is 0 Å². The number of H-pyrrole nitrogens is 1. The number of primary amides is 1. The Labute approximate surface area is 138 Å². The van der Waals surface area contributed by atoms with Gasteiger partial charge in [-0.25, -0.2) is 4.39 Å². The molecule has 120 valence electrons. The third-order valence-corrected chi connectivity index (χ3v) is 4.63. The van der Waals surface area contributed by atoms with Crippen LogP contribution in [0.2, 0.25) is 0 Å². The van der Waals surface area contributed by atoms with Crippen molar-refractivity contribution in [1.82, 2.24) is 10.2 Å². The summed E-state index contributed by atoms with van der Waals surface area (Å²) in [6, 6.07) is 10.5. The van der Waals surface area contributed by atoms with Gasteiger partial charge < -0.3 is 5.73 Å². The number of nitrogens with one attached hydrogen (secondary N) is 1. The lowest BCUT2D eigenvalue weighted by Crippen LogP contribution is -2.18. The van der Waals surface area contributed by atoms with Crippen molar-refractivity contribution in [3.8, 4) is 0 Å². The zero-order valence-corrected chi connectivity index (χ0v) is 12.9. The molecule has 4 nitrogen and oxygen atoms in total. The van der Waals surface area contributed by atoms with E-state index in [1.165, 1.54) is 12.1 Å². The molecule has 1 unspecified atom stereocenters. The molecule has 4 rings (SSSR count). The number of nitrogens with two attached hydrogens (primary N) is 1. The van der Waals surface area contributed by atoms with Crippen LogP contribution in [0.25, 0.3) is 17.0 Å². The number of halogens is 1. The molecular formula is C19H16FN3O. The molecule has 1 aromatic heterocycles. The average molecular weight is 321 g/mol. The molecule has 3 N–H and O–H groups in total. The zero-order chi connectivity index (χ0) is 16.7. The van der Waals surface area contributed by atoms with E-state index in [1.54, 1.807) is 18.3 Å². The Morgan fingerprint density at radius 2 is 2.17 bits per heavy atom. The number of carbonyl (C=O) groups is 1. The molecule has 1 aliphatic carbocycles. The van der Waals surface area contributed by atoms with Gasteiger partial charge >= 0.3 is 0 Å². The fourth-order valence-corrected chi connectivity index (χ4v) is 3.46. The van der Waals surface area contributed by atoms with Crippen LogP contribution in [0, 0.1) is 5.82 Å². The van der Waals surface area contributed by atoms with Crippen LogP contribution in [-0.2, 0) is 11.2 Å². The van der Waals surface area contributed by atoms with Gasteiger partial charge in [0, 0.05) is 16.9 Å². The number of benzene rings is 2. The molecule has 2 aromatic carbocycles. The summed E-state index contributed by atoms with van der Waals surface area (Å²) in [5.41, 5.74) is 9.85. The number of rotatable bonds is 3. The monoisotopic (exact) mass is 321 g/mol. The van der Waals surface area contributed by atoms with Crippen LogP contribution in [0.3, 0.4) is 0 Å². The molecule has 0 bridgehead atoms. The van der Waals surface area contributed by atoms with Crippen LogP contribution in [-0.4, -0.2) is 16.1 Å². The highest BCUT2D eigenvalue weighted by molar-refractivity contribution is 5.99. The highest BCUT2D eigenvalue weighted by Crippen LogP contribution is 2.39. The highest BCUT2D eigenvalue weighted by atomic mass is 19.1. The van der Waals surface area contributed by atoms with E-state index in [-0.39, 0.29) is 11.7 Å². The van der Waals surface area contributed by atoms with Crippen LogP contribution < -0.4 is 5.73 Å². The van der Waals surface area contributed by atoms with Gasteiger partial charge in [0.15, 0.2) is 0 Å². The third-order valence-electron chi connectivity index (χ3n) is 4.63. The molecule has 1 heterocycles. The molecule has 1 amide bonds. The normalized spacial score (nSPS) is 17.2. The summed E-state index contributed by atoms with van der Waals surface area (Å²) >= 11 is 0. The molecular weight excluding hydrogens is 305 g/mol. The maximum Gasteiger partial charge on any atom is 0.245 e. The van der Waals surface area contributed by atoms with E-state index >= 15 is 0 Å². The molecule has 0 radical (unpaired) electrons. The number of aromatic nitrogens is 2. The molecule has 3 aromatic rings. The van der Waals surface area contributed by atoms with Crippen LogP contribution in [0.1, 0.15) is 29.0 Å². The molecule has 0 saturated carbocycles. The minimum atomic E-state index is -0.471. The van der Waals surface area contributed by atoms with Crippen molar-refractivity contribution < 1.29 is 9.18 Å². The van der Waals surface area contributed by atoms with Crippen molar-refractivity contribution in [2.24, 2.45) is 5.73 Å². The Balaban J connectivity index is 1.78. The third kappa shape index (κ3) is 2.48. The first-order chi connectivity index (χ1) is 11.6. The first-order valence-electron chi connectivity index (χ1n) is 7.84. The number of hydrogen-bond donors (Lipinski definition) is 2. The lowest BCUT2D eigenvalue weighted by Gasteiger charge is -2.14. The summed E-state index contributed by atoms with van der Waals surface area (Å²) in [5.74, 6) is -0.921. The zero-order valence-electron chi connectivity index (χ0n) is 12.9. The smallest absolute Gasteiger partial charge is 0.245 e. The van der Waals surface area contributed by atoms with Gasteiger partial charge in [0.05, 0.1) is 11.7 Å². The van der Waals surface area contributed by atoms with Gasteiger partial charge in [-0.2, -0.15) is 5.10 Å². The van der Waals surface area contributed by atoms with Crippen LogP contribution in [0.5, 0.6) is 0 Å². The largest absolute Gasteiger partial charge is 0.366 e. The van der Waals surface area contributed by atoms with Crippen LogP contribution in [0.15, 0.2) is 48.2 Å². The van der Waals surface area contributed by atoms with Crippen molar-refractivity contribution in [2.45, 2.75) is 18.8 Å². The number of fused-ring (bicyclic) bond motifs is 2. The second kappa shape index (κ2) is 5.60. The molecule has 0 aliphatic heterocycles. The summed E-state index contributed by atoms with van der Waals surface area (Å²) in [6.07, 6.45) is 5.13. The highest BCUT2D eigenvalue weighted by Gasteiger charge is 2.28. The Kier molecular flexibility index (Phi) is 3.41. The predicted molar refractivity (Wildman–Crippen MR) is 90.7 cm³/mol. The summed E-state index contributed by atoms with van der Waals surface area (Å²) < 4.78 is 13.6. The topological polar surface area (TPSA) is 71.8 Å². The van der Waals surface area contributed by atoms with Gasteiger partial charge in [-0.1, -0.05) is 18.2 Å². The Hall–Kier alpha value is -2.95. The summed E-state index contributed by atoms with van der Waals surface area (Å²) in [7, 11) is 0. The van der Waals surface area contributed by atoms with E-state index < -0.39 is 5.91 Å². The van der Waals surface area contributed by atoms with Gasteiger partial charge in [0.2, 0.25) is 5.91 Å². The molecule has 1 atom stereocenters. The van der Waals surface area contributed by atoms with Crippen LogP contribution in [0.4, 0.5) is 4.39 Å². The molecule has 5 heteroatoms. The van der Waals surface area contributed by atoms with Gasteiger partial charge in [0.1, 0.15) is 5.82 Å². The number of aromatic amines is 1. The predicted octanol–water partition coefficient (Wildman–Crippen LogP) is 3.30. The van der Waals surface area contributed by atoms with E-state index in [2.05, 4.69) is 10.2 Å². The van der Waals surface area contributed by atoms with Crippen molar-refractivity contribution in [2.75, 3.05) is 0 Å². The standard InChI is InChI=1S/C19H16FN3O/c20-14-5-3-12-4-6-15(16(12)9-14)17(19(21)24)7-11-1-2-13-10-22-23-18(13)8-11/h1-3,5,7-10,15H,4,6H2,(H2,21,24)(H,22,23). The number of aryl methyl sites for hydroxylation is 1. The molecule has 0 spiro atoms. The lowest BCUT2D eigenvalue weighted by atomic mass is 9.90. The number of nitrogens with zero attached hydrogens (tertiary/aromatic N) is 1. The van der Waals surface area contributed by atoms with Gasteiger partial charge in [-0.15, -0.1) is 0 Å². The van der Waals surface area contributed by atoms with E-state index in [0.717, 1.165) is 40.4 Å². The first kappa shape index (κ1) is 14.6. The molecule has 24 heavy (non-hydrogen) atoms. The number of carbonyl (C=O) groups excluding carboxylic acids is 1. The van der Waals surface area contributed by atoms with E-state index in [9.17, 15) is 9.18 Å². The first-order valence-corrected chi connectivity index (χ1v) is 7.84. The van der Waals surface area contributed by atoms with Crippen molar-refractivity contribution in [1.29, 1.82) is 0 Å². The minimum absolute atomic E-state index is 0.161. The quantitative estimate of drug-likeness (QED) is 0.727. The second-order valence-electron chi connectivity index (χ2n) is 6.12. The Morgan fingerprint density at radius 1 is 1.29 bits per heavy atom. The fraction of sp³-hybridized carbons (Fsp3) is 0.158. The molecule has 1 aliphatic rings. The van der Waals surface area contributed by atoms with Crippen molar-refractivity contribution >= 4 is 22.9 Å². The van der Waals surface area contributed by atoms with E-state index in [1.807, 2.05) is 18.2 Å². The minimum Gasteiger partial charge on any atom is -0.366 e. The van der Waals surface area contributed by atoms with E-state index in [4.69, 9.17) is 5.73 Å². The van der Waals surface area contributed by atoms with Gasteiger partial charge in [0.25, 0.3) is 0 Å². The maximum absolute atomic E-state index is 13.6. The Bertz CT molecular complexity index is 974. The summed E-state index contributed by atoms with van der Waals surface area (Å²) in [5, 5.41) is 7.91. The van der Waals surface area contributed by atoms with Crippen molar-refractivity contribution in [3.63, 3.8) is 0 Å². The molecule has 0 saturated heterocycles. The average Bonchev–Trinajstić information content (AvgIpc) is 3.18. The maximum atomic E-state index is 13.6. The SMILES string of the molecule is NC(=O)C(=Cc1ccc2cn[nH]c2c1)C1CCc2ccc(F)cc21. The summed E-state index contributed by atoms with van der Waals surface area (Å²) in [4.78, 5) is 12.0. The van der Waals surface area contributed by atoms with Crippen molar-refractivity contribution in [3.05, 3.63) is 70.7 Å². The van der Waals surface area contributed by atoms with Gasteiger partial charge in [-0.05, 0) is 53.8 Å². The lowest BCUT2D eigenvalue weighted by molar-refractivity contribution is -0.114. The summed E-state index contributed by atoms with van der Waals surface area (Å²) in [6.45, 7) is 0. The van der Waals surface area contributed by atoms with E-state index in [0.29, 0.717) is 5.57 Å². The number of hydrogen-bond acceptors (Lipinski definition) is 2. The van der Waals surface area contributed by atoms with Gasteiger partial charge in [-0.3, -0.25) is 9.89 Å². The molecule has 0 fully saturated rings.